The molecule has 2 heterocycles. The molecule has 1 atom stereocenters. The summed E-state index contributed by atoms with van der Waals surface area (Å²) in [5, 5.41) is 6.22. The highest BCUT2D eigenvalue weighted by molar-refractivity contribution is 5.98. The van der Waals surface area contributed by atoms with Gasteiger partial charge in [0.05, 0.1) is 17.8 Å². The zero-order chi connectivity index (χ0) is 15.3. The Morgan fingerprint density at radius 2 is 2.33 bits per heavy atom. The maximum absolute atomic E-state index is 12.5. The van der Waals surface area contributed by atoms with E-state index >= 15 is 0 Å². The molecule has 0 bridgehead atoms. The van der Waals surface area contributed by atoms with E-state index < -0.39 is 5.54 Å². The van der Waals surface area contributed by atoms with Gasteiger partial charge in [0.2, 0.25) is 5.91 Å². The van der Waals surface area contributed by atoms with Crippen molar-refractivity contribution in [1.29, 1.82) is 0 Å². The van der Waals surface area contributed by atoms with Gasteiger partial charge in [0.15, 0.2) is 0 Å². The van der Waals surface area contributed by atoms with E-state index in [0.29, 0.717) is 18.8 Å². The van der Waals surface area contributed by atoms with E-state index in [-0.39, 0.29) is 11.5 Å². The molecule has 6 heteroatoms. The molecule has 1 saturated heterocycles. The number of ether oxygens (including phenoxy) is 1. The van der Waals surface area contributed by atoms with Gasteiger partial charge in [-0.15, -0.1) is 0 Å². The van der Waals surface area contributed by atoms with Crippen LogP contribution in [-0.4, -0.2) is 36.3 Å². The summed E-state index contributed by atoms with van der Waals surface area (Å²) in [6.45, 7) is 3.81. The third-order valence-corrected chi connectivity index (χ3v) is 4.06. The predicted octanol–water partition coefficient (Wildman–Crippen LogP) is 0.965. The Kier molecular flexibility index (Phi) is 5.14. The topological polar surface area (TPSA) is 72.4 Å². The minimum absolute atomic E-state index is 0.0283. The summed E-state index contributed by atoms with van der Waals surface area (Å²) >= 11 is 0. The number of anilines is 1. The summed E-state index contributed by atoms with van der Waals surface area (Å²) in [4.78, 5) is 24.2. The Labute approximate surface area is 124 Å². The van der Waals surface area contributed by atoms with Crippen LogP contribution >= 0.6 is 0 Å². The molecule has 1 aromatic rings. The Morgan fingerprint density at radius 3 is 2.95 bits per heavy atom. The van der Waals surface area contributed by atoms with Crippen molar-refractivity contribution in [3.05, 3.63) is 28.7 Å². The molecule has 1 aliphatic heterocycles. The van der Waals surface area contributed by atoms with Crippen LogP contribution in [0.15, 0.2) is 23.1 Å². The number of nitrogens with one attached hydrogen (secondary N) is 2. The molecule has 1 amide bonds. The average molecular weight is 293 g/mol. The molecule has 0 radical (unpaired) electrons. The second kappa shape index (κ2) is 6.87. The van der Waals surface area contributed by atoms with Crippen molar-refractivity contribution in [1.82, 2.24) is 9.88 Å². The van der Waals surface area contributed by atoms with E-state index in [1.54, 1.807) is 23.9 Å². The van der Waals surface area contributed by atoms with Crippen LogP contribution < -0.4 is 16.2 Å². The first kappa shape index (κ1) is 15.7. The molecule has 1 aliphatic rings. The molecule has 2 rings (SSSR count). The first-order valence-electron chi connectivity index (χ1n) is 7.37. The van der Waals surface area contributed by atoms with Gasteiger partial charge >= 0.3 is 0 Å². The van der Waals surface area contributed by atoms with Crippen molar-refractivity contribution < 1.29 is 9.53 Å². The zero-order valence-electron chi connectivity index (χ0n) is 12.6. The van der Waals surface area contributed by atoms with Crippen LogP contribution in [0.25, 0.3) is 0 Å². The van der Waals surface area contributed by atoms with Gasteiger partial charge in [-0.1, -0.05) is 6.92 Å². The Bertz CT molecular complexity index is 547. The lowest BCUT2D eigenvalue weighted by Crippen LogP contribution is -2.50. The number of rotatable bonds is 6. The smallest absolute Gasteiger partial charge is 0.250 e. The summed E-state index contributed by atoms with van der Waals surface area (Å²) in [7, 11) is 1.59. The fourth-order valence-electron chi connectivity index (χ4n) is 2.68. The standard InChI is InChI=1S/C15H23N3O3/c1-3-15(7-4-8-16-15)14(20)17-12-5-6-13(19)18(11-12)9-10-21-2/h5-6,11,16H,3-4,7-10H2,1-2H3,(H,17,20). The molecular formula is C15H23N3O3. The first-order chi connectivity index (χ1) is 10.1. The fraction of sp³-hybridized carbons (Fsp3) is 0.600. The van der Waals surface area contributed by atoms with Crippen LogP contribution in [-0.2, 0) is 16.1 Å². The van der Waals surface area contributed by atoms with Crippen molar-refractivity contribution in [3.63, 3.8) is 0 Å². The predicted molar refractivity (Wildman–Crippen MR) is 81.5 cm³/mol. The van der Waals surface area contributed by atoms with Crippen LogP contribution in [0.1, 0.15) is 26.2 Å². The number of aromatic nitrogens is 1. The van der Waals surface area contributed by atoms with Crippen LogP contribution in [0, 0.1) is 0 Å². The molecule has 1 unspecified atom stereocenters. The summed E-state index contributed by atoms with van der Waals surface area (Å²) in [6.07, 6.45) is 4.27. The maximum atomic E-state index is 12.5. The Balaban J connectivity index is 2.12. The third kappa shape index (κ3) is 3.51. The van der Waals surface area contributed by atoms with Crippen molar-refractivity contribution in [2.75, 3.05) is 25.6 Å². The number of pyridine rings is 1. The molecule has 0 spiro atoms. The van der Waals surface area contributed by atoms with Crippen LogP contribution in [0.3, 0.4) is 0 Å². The van der Waals surface area contributed by atoms with Gasteiger partial charge in [0, 0.05) is 25.9 Å². The van der Waals surface area contributed by atoms with Crippen molar-refractivity contribution in [2.45, 2.75) is 38.3 Å². The summed E-state index contributed by atoms with van der Waals surface area (Å²) in [6, 6.07) is 3.10. The van der Waals surface area contributed by atoms with E-state index in [2.05, 4.69) is 10.6 Å². The zero-order valence-corrected chi connectivity index (χ0v) is 12.6. The van der Waals surface area contributed by atoms with Gasteiger partial charge < -0.3 is 19.9 Å². The molecule has 6 nitrogen and oxygen atoms in total. The molecule has 1 aromatic heterocycles. The van der Waals surface area contributed by atoms with Crippen LogP contribution in [0.2, 0.25) is 0 Å². The van der Waals surface area contributed by atoms with Gasteiger partial charge in [-0.2, -0.15) is 0 Å². The van der Waals surface area contributed by atoms with Gasteiger partial charge in [0.25, 0.3) is 5.56 Å². The van der Waals surface area contributed by atoms with Crippen molar-refractivity contribution >= 4 is 11.6 Å². The van der Waals surface area contributed by atoms with E-state index in [1.807, 2.05) is 6.92 Å². The van der Waals surface area contributed by atoms with Crippen molar-refractivity contribution in [3.8, 4) is 0 Å². The monoisotopic (exact) mass is 293 g/mol. The number of amides is 1. The van der Waals surface area contributed by atoms with Gasteiger partial charge in [0.1, 0.15) is 0 Å². The molecular weight excluding hydrogens is 270 g/mol. The number of carbonyl (C=O) groups excluding carboxylic acids is 1. The van der Waals surface area contributed by atoms with Crippen molar-refractivity contribution in [2.24, 2.45) is 0 Å². The summed E-state index contributed by atoms with van der Waals surface area (Å²) in [5.74, 6) is -0.0283. The molecule has 1 fully saturated rings. The van der Waals surface area contributed by atoms with E-state index in [1.165, 1.54) is 6.07 Å². The molecule has 2 N–H and O–H groups in total. The minimum atomic E-state index is -0.479. The van der Waals surface area contributed by atoms with Gasteiger partial charge in [-0.05, 0) is 31.9 Å². The molecule has 116 valence electrons. The molecule has 0 aliphatic carbocycles. The van der Waals surface area contributed by atoms with Gasteiger partial charge in [-0.25, -0.2) is 0 Å². The first-order valence-corrected chi connectivity index (χ1v) is 7.37. The summed E-state index contributed by atoms with van der Waals surface area (Å²) in [5.41, 5.74) is 0.0551. The highest BCUT2D eigenvalue weighted by Crippen LogP contribution is 2.24. The number of hydrogen-bond acceptors (Lipinski definition) is 4. The van der Waals surface area contributed by atoms with Crippen LogP contribution in [0.5, 0.6) is 0 Å². The molecule has 0 saturated carbocycles. The minimum Gasteiger partial charge on any atom is -0.383 e. The summed E-state index contributed by atoms with van der Waals surface area (Å²) < 4.78 is 6.52. The SMILES string of the molecule is CCC1(C(=O)Nc2ccc(=O)n(CCOC)c2)CCCN1. The second-order valence-corrected chi connectivity index (χ2v) is 5.36. The lowest BCUT2D eigenvalue weighted by atomic mass is 9.93. The largest absolute Gasteiger partial charge is 0.383 e. The quantitative estimate of drug-likeness (QED) is 0.819. The maximum Gasteiger partial charge on any atom is 0.250 e. The number of carbonyl (C=O) groups is 1. The van der Waals surface area contributed by atoms with Gasteiger partial charge in [-0.3, -0.25) is 9.59 Å². The molecule has 21 heavy (non-hydrogen) atoms. The van der Waals surface area contributed by atoms with E-state index in [0.717, 1.165) is 25.8 Å². The third-order valence-electron chi connectivity index (χ3n) is 4.06. The van der Waals surface area contributed by atoms with E-state index in [9.17, 15) is 9.59 Å². The second-order valence-electron chi connectivity index (χ2n) is 5.36. The van der Waals surface area contributed by atoms with Crippen LogP contribution in [0.4, 0.5) is 5.69 Å². The normalized spacial score (nSPS) is 21.4. The Hall–Kier alpha value is -1.66. The number of hydrogen-bond donors (Lipinski definition) is 2. The lowest BCUT2D eigenvalue weighted by Gasteiger charge is -2.26. The lowest BCUT2D eigenvalue weighted by molar-refractivity contribution is -0.122. The number of methoxy groups -OCH3 is 1. The highest BCUT2D eigenvalue weighted by atomic mass is 16.5. The molecule has 0 aromatic carbocycles. The Morgan fingerprint density at radius 1 is 1.52 bits per heavy atom. The average Bonchev–Trinajstić information content (AvgIpc) is 2.98. The number of nitrogens with zero attached hydrogens (tertiary/aromatic N) is 1. The fourth-order valence-corrected chi connectivity index (χ4v) is 2.68. The highest BCUT2D eigenvalue weighted by Gasteiger charge is 2.39. The van der Waals surface area contributed by atoms with E-state index in [4.69, 9.17) is 4.74 Å².